The van der Waals surface area contributed by atoms with Crippen LogP contribution in [0.2, 0.25) is 0 Å². The van der Waals surface area contributed by atoms with Crippen LogP contribution >= 0.6 is 0 Å². The molecule has 1 atom stereocenters. The number of nitrogens with one attached hydrogen (secondary N) is 1. The standard InChI is InChI=1S/C26H33NO6/c1-7-8-9-20(24(29)30)27-21(28)11-10-16-14(2)17-12-18-19(26(4,5)6)13-32-22(18)15(3)23(17)33-25(16)31/h12-13,20H,7-11H2,1-6H3,(H,27,28)(H,29,30)/p-1/t20-/m0/s1. The van der Waals surface area contributed by atoms with Gasteiger partial charge in [0.05, 0.1) is 18.3 Å². The number of unbranched alkanes of at least 4 members (excludes halogenated alkanes) is 1. The van der Waals surface area contributed by atoms with Gasteiger partial charge in [0.25, 0.3) is 0 Å². The maximum atomic E-state index is 12.8. The monoisotopic (exact) mass is 454 g/mol. The van der Waals surface area contributed by atoms with Gasteiger partial charge in [0, 0.05) is 33.9 Å². The summed E-state index contributed by atoms with van der Waals surface area (Å²) in [5.74, 6) is -1.73. The van der Waals surface area contributed by atoms with Crippen molar-refractivity contribution in [1.29, 1.82) is 0 Å². The molecule has 3 aromatic rings. The topological polar surface area (TPSA) is 113 Å². The van der Waals surface area contributed by atoms with Crippen LogP contribution in [0, 0.1) is 13.8 Å². The van der Waals surface area contributed by atoms with Crippen molar-refractivity contribution >= 4 is 33.8 Å². The van der Waals surface area contributed by atoms with Crippen molar-refractivity contribution in [1.82, 2.24) is 5.32 Å². The molecule has 1 aromatic carbocycles. The SMILES string of the molecule is CCCC[C@H](NC(=O)CCc1c(C)c2cc3c(C(C)(C)C)coc3c(C)c2oc1=O)C(=O)[O-]. The van der Waals surface area contributed by atoms with E-state index in [1.165, 1.54) is 0 Å². The second-order valence-corrected chi connectivity index (χ2v) is 9.73. The zero-order chi connectivity index (χ0) is 24.5. The Balaban J connectivity index is 1.94. The Hall–Kier alpha value is -3.09. The lowest BCUT2D eigenvalue weighted by Gasteiger charge is -2.19. The molecule has 2 heterocycles. The smallest absolute Gasteiger partial charge is 0.339 e. The molecule has 0 saturated carbocycles. The van der Waals surface area contributed by atoms with Gasteiger partial charge in [0.2, 0.25) is 5.91 Å². The van der Waals surface area contributed by atoms with Gasteiger partial charge in [-0.2, -0.15) is 0 Å². The van der Waals surface area contributed by atoms with Gasteiger partial charge >= 0.3 is 5.63 Å². The minimum absolute atomic E-state index is 0.0206. The second-order valence-electron chi connectivity index (χ2n) is 9.73. The summed E-state index contributed by atoms with van der Waals surface area (Å²) in [4.78, 5) is 36.4. The highest BCUT2D eigenvalue weighted by Crippen LogP contribution is 2.37. The highest BCUT2D eigenvalue weighted by Gasteiger charge is 2.24. The summed E-state index contributed by atoms with van der Waals surface area (Å²) in [7, 11) is 0. The summed E-state index contributed by atoms with van der Waals surface area (Å²) in [6.07, 6.45) is 3.69. The summed E-state index contributed by atoms with van der Waals surface area (Å²) < 4.78 is 11.5. The molecule has 0 unspecified atom stereocenters. The number of fused-ring (bicyclic) bond motifs is 2. The third-order valence-electron chi connectivity index (χ3n) is 6.22. The van der Waals surface area contributed by atoms with Crippen LogP contribution in [-0.2, 0) is 21.4 Å². The predicted octanol–water partition coefficient (Wildman–Crippen LogP) is 3.81. The normalized spacial score (nSPS) is 12.9. The highest BCUT2D eigenvalue weighted by molar-refractivity contribution is 6.00. The first-order valence-corrected chi connectivity index (χ1v) is 11.4. The summed E-state index contributed by atoms with van der Waals surface area (Å²) in [6, 6.07) is 0.958. The third kappa shape index (κ3) is 4.97. The fourth-order valence-electron chi connectivity index (χ4n) is 4.23. The van der Waals surface area contributed by atoms with Gasteiger partial charge < -0.3 is 24.1 Å². The Morgan fingerprint density at radius 3 is 2.42 bits per heavy atom. The molecule has 7 nitrogen and oxygen atoms in total. The van der Waals surface area contributed by atoms with Crippen LogP contribution in [0.25, 0.3) is 21.9 Å². The first-order valence-electron chi connectivity index (χ1n) is 11.4. The number of aryl methyl sites for hydroxylation is 2. The third-order valence-corrected chi connectivity index (χ3v) is 6.22. The number of aliphatic carboxylic acids is 1. The Morgan fingerprint density at radius 1 is 1.12 bits per heavy atom. The first-order chi connectivity index (χ1) is 15.5. The van der Waals surface area contributed by atoms with Gasteiger partial charge in [-0.3, -0.25) is 4.79 Å². The van der Waals surface area contributed by atoms with Crippen LogP contribution in [0.5, 0.6) is 0 Å². The molecule has 0 fully saturated rings. The first kappa shape index (κ1) is 24.6. The minimum Gasteiger partial charge on any atom is -0.548 e. The molecule has 178 valence electrons. The van der Waals surface area contributed by atoms with E-state index in [0.29, 0.717) is 29.6 Å². The van der Waals surface area contributed by atoms with Crippen LogP contribution < -0.4 is 16.0 Å². The molecule has 1 amide bonds. The van der Waals surface area contributed by atoms with E-state index >= 15 is 0 Å². The number of carboxylic acid groups (broad SMARTS) is 1. The van der Waals surface area contributed by atoms with Crippen molar-refractivity contribution in [3.63, 3.8) is 0 Å². The summed E-state index contributed by atoms with van der Waals surface area (Å²) in [5.41, 5.74) is 3.54. The quantitative estimate of drug-likeness (QED) is 0.518. The van der Waals surface area contributed by atoms with E-state index in [0.717, 1.165) is 33.9 Å². The molecular weight excluding hydrogens is 422 g/mol. The van der Waals surface area contributed by atoms with Crippen LogP contribution in [0.4, 0.5) is 0 Å². The number of carboxylic acids is 1. The van der Waals surface area contributed by atoms with Gasteiger partial charge in [-0.05, 0) is 43.7 Å². The Morgan fingerprint density at radius 2 is 1.82 bits per heavy atom. The van der Waals surface area contributed by atoms with E-state index in [1.807, 2.05) is 26.8 Å². The van der Waals surface area contributed by atoms with E-state index in [2.05, 4.69) is 26.1 Å². The molecule has 7 heteroatoms. The molecule has 0 aliphatic carbocycles. The largest absolute Gasteiger partial charge is 0.548 e. The number of hydrogen-bond acceptors (Lipinski definition) is 6. The molecule has 33 heavy (non-hydrogen) atoms. The molecule has 3 rings (SSSR count). The van der Waals surface area contributed by atoms with Crippen molar-refractivity contribution in [2.24, 2.45) is 0 Å². The number of carbonyl (C=O) groups excluding carboxylic acids is 2. The van der Waals surface area contributed by atoms with E-state index in [4.69, 9.17) is 8.83 Å². The van der Waals surface area contributed by atoms with E-state index in [1.54, 1.807) is 6.26 Å². The molecule has 0 aliphatic heterocycles. The lowest BCUT2D eigenvalue weighted by molar-refractivity contribution is -0.308. The van der Waals surface area contributed by atoms with Gasteiger partial charge in [0.15, 0.2) is 0 Å². The maximum absolute atomic E-state index is 12.8. The Labute approximate surface area is 193 Å². The van der Waals surface area contributed by atoms with E-state index in [9.17, 15) is 19.5 Å². The van der Waals surface area contributed by atoms with Crippen molar-refractivity contribution in [3.05, 3.63) is 45.0 Å². The van der Waals surface area contributed by atoms with Gasteiger partial charge in [-0.1, -0.05) is 40.5 Å². The minimum atomic E-state index is -1.30. The van der Waals surface area contributed by atoms with Crippen LogP contribution in [0.1, 0.15) is 75.6 Å². The Kier molecular flexibility index (Phi) is 7.00. The molecule has 0 bridgehead atoms. The maximum Gasteiger partial charge on any atom is 0.339 e. The molecule has 0 radical (unpaired) electrons. The molecule has 0 aliphatic rings. The average molecular weight is 455 g/mol. The number of furan rings is 1. The van der Waals surface area contributed by atoms with Crippen molar-refractivity contribution in [2.45, 2.75) is 85.1 Å². The fraction of sp³-hybridized carbons (Fsp3) is 0.500. The van der Waals surface area contributed by atoms with Crippen LogP contribution in [0.3, 0.4) is 0 Å². The summed E-state index contributed by atoms with van der Waals surface area (Å²) >= 11 is 0. The Bertz CT molecular complexity index is 1260. The van der Waals surface area contributed by atoms with Gasteiger partial charge in [-0.15, -0.1) is 0 Å². The fourth-order valence-corrected chi connectivity index (χ4v) is 4.23. The predicted molar refractivity (Wildman–Crippen MR) is 125 cm³/mol. The molecule has 1 N–H and O–H groups in total. The number of carbonyl (C=O) groups is 2. The molecule has 2 aromatic heterocycles. The zero-order valence-corrected chi connectivity index (χ0v) is 20.2. The average Bonchev–Trinajstić information content (AvgIpc) is 3.16. The summed E-state index contributed by atoms with van der Waals surface area (Å²) in [6.45, 7) is 12.0. The second kappa shape index (κ2) is 9.41. The lowest BCUT2D eigenvalue weighted by atomic mass is 9.86. The molecule has 0 spiro atoms. The summed E-state index contributed by atoms with van der Waals surface area (Å²) in [5, 5.41) is 15.6. The number of amides is 1. The zero-order valence-electron chi connectivity index (χ0n) is 20.2. The van der Waals surface area contributed by atoms with Crippen LogP contribution in [-0.4, -0.2) is 17.9 Å². The van der Waals surface area contributed by atoms with Crippen molar-refractivity contribution < 1.29 is 23.5 Å². The molecular formula is C26H32NO6-. The highest BCUT2D eigenvalue weighted by atomic mass is 16.4. The van der Waals surface area contributed by atoms with Crippen molar-refractivity contribution in [2.75, 3.05) is 0 Å². The van der Waals surface area contributed by atoms with Gasteiger partial charge in [0.1, 0.15) is 11.2 Å². The lowest BCUT2D eigenvalue weighted by Crippen LogP contribution is -2.47. The number of hydrogen-bond donors (Lipinski definition) is 1. The molecule has 0 saturated heterocycles. The van der Waals surface area contributed by atoms with E-state index < -0.39 is 23.5 Å². The number of rotatable bonds is 8. The van der Waals surface area contributed by atoms with Crippen LogP contribution in [0.15, 0.2) is 26.0 Å². The number of benzene rings is 1. The van der Waals surface area contributed by atoms with Crippen molar-refractivity contribution in [3.8, 4) is 0 Å². The van der Waals surface area contributed by atoms with E-state index in [-0.39, 0.29) is 18.3 Å². The van der Waals surface area contributed by atoms with Gasteiger partial charge in [-0.25, -0.2) is 4.79 Å².